The molecule has 0 saturated carbocycles. The number of carbonyl (C=O) groups is 1. The second-order valence-electron chi connectivity index (χ2n) is 9.70. The second-order valence-corrected chi connectivity index (χ2v) is 10.6. The van der Waals surface area contributed by atoms with E-state index in [1.54, 1.807) is 35.7 Å². The van der Waals surface area contributed by atoms with E-state index >= 15 is 0 Å². The molecule has 3 aromatic heterocycles. The van der Waals surface area contributed by atoms with E-state index in [4.69, 9.17) is 9.40 Å². The van der Waals surface area contributed by atoms with Crippen LogP contribution in [0.2, 0.25) is 0 Å². The van der Waals surface area contributed by atoms with Gasteiger partial charge in [-0.3, -0.25) is 14.9 Å². The molecule has 1 aliphatic heterocycles. The van der Waals surface area contributed by atoms with E-state index in [1.165, 1.54) is 29.5 Å². The van der Waals surface area contributed by atoms with Crippen molar-refractivity contribution in [2.24, 2.45) is 0 Å². The maximum atomic E-state index is 13.3. The molecule has 1 saturated heterocycles. The molecule has 42 heavy (non-hydrogen) atoms. The van der Waals surface area contributed by atoms with Crippen molar-refractivity contribution < 1.29 is 19.2 Å². The predicted octanol–water partition coefficient (Wildman–Crippen LogP) is 5.13. The number of aromatic nitrogens is 3. The molecular formula is C29H25N7O5S. The fourth-order valence-electron chi connectivity index (χ4n) is 4.58. The highest BCUT2D eigenvalue weighted by Crippen LogP contribution is 2.32. The van der Waals surface area contributed by atoms with Crippen LogP contribution >= 0.6 is 11.3 Å². The number of amides is 1. The van der Waals surface area contributed by atoms with Crippen molar-refractivity contribution in [1.29, 1.82) is 0 Å². The smallest absolute Gasteiger partial charge is 0.433 e. The van der Waals surface area contributed by atoms with E-state index in [-0.39, 0.29) is 34.7 Å². The van der Waals surface area contributed by atoms with Gasteiger partial charge in [0.1, 0.15) is 33.0 Å². The molecular weight excluding hydrogens is 558 g/mol. The third-order valence-electron chi connectivity index (χ3n) is 6.86. The summed E-state index contributed by atoms with van der Waals surface area (Å²) in [6.45, 7) is 3.65. The Bertz CT molecular complexity index is 1820. The minimum Gasteiger partial charge on any atom is -0.507 e. The number of thiazole rings is 1. The van der Waals surface area contributed by atoms with Gasteiger partial charge in [-0.2, -0.15) is 0 Å². The van der Waals surface area contributed by atoms with Gasteiger partial charge in [0.2, 0.25) is 0 Å². The van der Waals surface area contributed by atoms with Gasteiger partial charge in [0.15, 0.2) is 5.82 Å². The van der Waals surface area contributed by atoms with Crippen LogP contribution in [-0.2, 0) is 0 Å². The lowest BCUT2D eigenvalue weighted by Gasteiger charge is -2.34. The summed E-state index contributed by atoms with van der Waals surface area (Å²) in [6, 6.07) is 15.4. The Balaban J connectivity index is 1.33. The van der Waals surface area contributed by atoms with Crippen LogP contribution in [-0.4, -0.2) is 69.0 Å². The van der Waals surface area contributed by atoms with Gasteiger partial charge in [0.25, 0.3) is 5.91 Å². The number of phenols is 1. The molecule has 2 N–H and O–H groups in total. The van der Waals surface area contributed by atoms with Crippen molar-refractivity contribution in [1.82, 2.24) is 19.9 Å². The Kier molecular flexibility index (Phi) is 7.33. The Hall–Kier alpha value is -5.14. The van der Waals surface area contributed by atoms with Crippen LogP contribution < -0.4 is 10.2 Å². The zero-order valence-electron chi connectivity index (χ0n) is 22.4. The number of fused-ring (bicyclic) bond motifs is 1. The molecule has 0 atom stereocenters. The number of benzene rings is 2. The van der Waals surface area contributed by atoms with Gasteiger partial charge in [-0.05, 0) is 55.6 Å². The number of nitrogens with zero attached hydrogens (tertiary/aromatic N) is 6. The normalized spacial score (nSPS) is 14.1. The second kappa shape index (κ2) is 11.4. The number of nitro groups is 1. The van der Waals surface area contributed by atoms with Gasteiger partial charge >= 0.3 is 5.88 Å². The van der Waals surface area contributed by atoms with E-state index in [0.717, 1.165) is 31.9 Å². The predicted molar refractivity (Wildman–Crippen MR) is 161 cm³/mol. The Morgan fingerprint density at radius 3 is 2.64 bits per heavy atom. The van der Waals surface area contributed by atoms with Crippen molar-refractivity contribution in [3.63, 3.8) is 0 Å². The molecule has 0 unspecified atom stereocenters. The van der Waals surface area contributed by atoms with Crippen LogP contribution in [0.4, 0.5) is 17.4 Å². The molecule has 1 aliphatic rings. The average molecular weight is 584 g/mol. The molecule has 0 spiro atoms. The minimum absolute atomic E-state index is 0.0788. The van der Waals surface area contributed by atoms with Crippen molar-refractivity contribution in [3.05, 3.63) is 87.4 Å². The largest absolute Gasteiger partial charge is 0.507 e. The lowest BCUT2D eigenvalue weighted by Crippen LogP contribution is -2.44. The number of para-hydroxylation sites is 1. The molecule has 1 fully saturated rings. The molecule has 212 valence electrons. The molecule has 1 amide bonds. The SMILES string of the molecule is CN1CCN(c2ccc3c(NC(=O)c4csc(-c5ccccc5O)n4)nc(C=Cc4ccc([N+](=O)[O-])o4)nc3c2)CC1. The molecule has 0 radical (unpaired) electrons. The summed E-state index contributed by atoms with van der Waals surface area (Å²) in [5.74, 6) is 0.0760. The lowest BCUT2D eigenvalue weighted by atomic mass is 10.1. The zero-order valence-corrected chi connectivity index (χ0v) is 23.2. The van der Waals surface area contributed by atoms with Crippen molar-refractivity contribution in [2.45, 2.75) is 0 Å². The highest BCUT2D eigenvalue weighted by molar-refractivity contribution is 7.13. The molecule has 6 rings (SSSR count). The summed E-state index contributed by atoms with van der Waals surface area (Å²) in [4.78, 5) is 41.9. The fourth-order valence-corrected chi connectivity index (χ4v) is 5.42. The van der Waals surface area contributed by atoms with Crippen LogP contribution in [0.5, 0.6) is 5.75 Å². The Morgan fingerprint density at radius 2 is 1.88 bits per heavy atom. The van der Waals surface area contributed by atoms with Crippen molar-refractivity contribution >= 4 is 57.7 Å². The molecule has 0 aliphatic carbocycles. The summed E-state index contributed by atoms with van der Waals surface area (Å²) in [5.41, 5.74) is 2.35. The molecule has 4 heterocycles. The summed E-state index contributed by atoms with van der Waals surface area (Å²) in [7, 11) is 2.10. The van der Waals surface area contributed by atoms with Crippen LogP contribution in [0.25, 0.3) is 33.6 Å². The standard InChI is InChI=1S/C29H25N7O5S/c1-34-12-14-35(15-13-34)18-6-9-20-22(16-18)30-25(10-7-19-8-11-26(41-19)36(39)40)32-27(20)33-28(38)23-17-42-29(31-23)21-4-2-3-5-24(21)37/h2-11,16-17,37H,12-15H2,1H3,(H,30,32,33,38). The summed E-state index contributed by atoms with van der Waals surface area (Å²) >= 11 is 1.25. The van der Waals surface area contributed by atoms with E-state index in [1.807, 2.05) is 18.2 Å². The summed E-state index contributed by atoms with van der Waals surface area (Å²) in [5, 5.41) is 26.8. The quantitative estimate of drug-likeness (QED) is 0.195. The monoisotopic (exact) mass is 583 g/mol. The number of furan rings is 1. The highest BCUT2D eigenvalue weighted by Gasteiger charge is 2.19. The Morgan fingerprint density at radius 1 is 1.07 bits per heavy atom. The highest BCUT2D eigenvalue weighted by atomic mass is 32.1. The van der Waals surface area contributed by atoms with Crippen LogP contribution in [0, 0.1) is 10.1 Å². The number of rotatable bonds is 7. The number of carbonyl (C=O) groups excluding carboxylic acids is 1. The topological polar surface area (TPSA) is 151 Å². The first-order valence-corrected chi connectivity index (χ1v) is 13.9. The third kappa shape index (κ3) is 5.68. The number of nitrogens with one attached hydrogen (secondary N) is 1. The van der Waals surface area contributed by atoms with Gasteiger partial charge in [-0.1, -0.05) is 12.1 Å². The van der Waals surface area contributed by atoms with E-state index in [2.05, 4.69) is 32.1 Å². The van der Waals surface area contributed by atoms with Crippen molar-refractivity contribution in [3.8, 4) is 16.3 Å². The number of hydrogen-bond acceptors (Lipinski definition) is 11. The third-order valence-corrected chi connectivity index (χ3v) is 7.73. The average Bonchev–Trinajstić information content (AvgIpc) is 3.67. The molecule has 0 bridgehead atoms. The number of anilines is 2. The maximum Gasteiger partial charge on any atom is 0.433 e. The first kappa shape index (κ1) is 27.1. The lowest BCUT2D eigenvalue weighted by molar-refractivity contribution is -0.402. The zero-order chi connectivity index (χ0) is 29.2. The fraction of sp³-hybridized carbons (Fsp3) is 0.172. The molecule has 2 aromatic carbocycles. The van der Waals surface area contributed by atoms with Crippen molar-refractivity contribution in [2.75, 3.05) is 43.4 Å². The van der Waals surface area contributed by atoms with Gasteiger partial charge in [0.05, 0.1) is 17.1 Å². The van der Waals surface area contributed by atoms with E-state index < -0.39 is 10.8 Å². The van der Waals surface area contributed by atoms with Crippen LogP contribution in [0.15, 0.2) is 64.4 Å². The number of likely N-dealkylation sites (N-methyl/N-ethyl adjacent to an activating group) is 1. The molecule has 5 aromatic rings. The van der Waals surface area contributed by atoms with Gasteiger partial charge in [0, 0.05) is 42.6 Å². The Labute approximate surface area is 243 Å². The number of aromatic hydroxyl groups is 1. The van der Waals surface area contributed by atoms with Gasteiger partial charge in [-0.15, -0.1) is 11.3 Å². The van der Waals surface area contributed by atoms with E-state index in [0.29, 0.717) is 21.5 Å². The maximum absolute atomic E-state index is 13.3. The molecule has 12 nitrogen and oxygen atoms in total. The first-order valence-electron chi connectivity index (χ1n) is 13.1. The van der Waals surface area contributed by atoms with E-state index in [9.17, 15) is 20.0 Å². The molecule has 13 heteroatoms. The van der Waals surface area contributed by atoms with Gasteiger partial charge in [-0.25, -0.2) is 15.0 Å². The van der Waals surface area contributed by atoms with Gasteiger partial charge < -0.3 is 24.6 Å². The number of piperazine rings is 1. The number of phenolic OH excluding ortho intramolecular Hbond substituents is 1. The van der Waals surface area contributed by atoms with Crippen LogP contribution in [0.1, 0.15) is 22.1 Å². The summed E-state index contributed by atoms with van der Waals surface area (Å²) < 4.78 is 5.21. The minimum atomic E-state index is -0.611. The number of hydrogen-bond donors (Lipinski definition) is 2. The van der Waals surface area contributed by atoms with Crippen LogP contribution in [0.3, 0.4) is 0 Å². The first-order chi connectivity index (χ1) is 20.3. The summed E-state index contributed by atoms with van der Waals surface area (Å²) in [6.07, 6.45) is 3.10.